The number of para-hydroxylation sites is 1. The van der Waals surface area contributed by atoms with Crippen LogP contribution in [0, 0.1) is 0 Å². The van der Waals surface area contributed by atoms with Crippen molar-refractivity contribution in [2.24, 2.45) is 5.10 Å². The highest BCUT2D eigenvalue weighted by Gasteiger charge is 2.19. The van der Waals surface area contributed by atoms with E-state index in [1.165, 1.54) is 0 Å². The van der Waals surface area contributed by atoms with E-state index < -0.39 is 12.0 Å². The molecule has 3 aromatic carbocycles. The van der Waals surface area contributed by atoms with Gasteiger partial charge in [0.2, 0.25) is 0 Å². The first kappa shape index (κ1) is 27.2. The maximum atomic E-state index is 12.8. The predicted molar refractivity (Wildman–Crippen MR) is 152 cm³/mol. The Hall–Kier alpha value is -3.81. The quantitative estimate of drug-likeness (QED) is 0.162. The van der Waals surface area contributed by atoms with Gasteiger partial charge in [-0.1, -0.05) is 55.2 Å². The summed E-state index contributed by atoms with van der Waals surface area (Å²) in [6.07, 6.45) is 4.01. The lowest BCUT2D eigenvalue weighted by atomic mass is 10.1. The summed E-state index contributed by atoms with van der Waals surface area (Å²) in [4.78, 5) is 12.8. The number of benzene rings is 3. The summed E-state index contributed by atoms with van der Waals surface area (Å²) in [6, 6.07) is 22.4. The van der Waals surface area contributed by atoms with E-state index in [9.17, 15) is 4.79 Å². The Morgan fingerprint density at radius 3 is 2.53 bits per heavy atom. The predicted octanol–water partition coefficient (Wildman–Crippen LogP) is 6.94. The average Bonchev–Trinajstić information content (AvgIpc) is 3.36. The molecule has 196 valence electrons. The molecule has 38 heavy (non-hydrogen) atoms. The van der Waals surface area contributed by atoms with Gasteiger partial charge in [0.1, 0.15) is 17.2 Å². The Kier molecular flexibility index (Phi) is 9.40. The molecule has 0 aliphatic carbocycles. The molecule has 0 spiro atoms. The molecule has 0 radical (unpaired) electrons. The van der Waals surface area contributed by atoms with Crippen LogP contribution in [0.2, 0.25) is 10.0 Å². The number of hydrazone groups is 1. The number of nitrogens with one attached hydrogen (secondary N) is 1. The van der Waals surface area contributed by atoms with E-state index >= 15 is 0 Å². The zero-order valence-corrected chi connectivity index (χ0v) is 22.6. The molecule has 1 atom stereocenters. The number of aromatic nitrogens is 2. The highest BCUT2D eigenvalue weighted by atomic mass is 35.5. The van der Waals surface area contributed by atoms with Crippen molar-refractivity contribution in [3.8, 4) is 28.4 Å². The lowest BCUT2D eigenvalue weighted by Gasteiger charge is -2.16. The van der Waals surface area contributed by atoms with Crippen LogP contribution < -0.4 is 14.9 Å². The van der Waals surface area contributed by atoms with E-state index in [1.54, 1.807) is 29.1 Å². The molecule has 0 aliphatic rings. The van der Waals surface area contributed by atoms with Crippen LogP contribution in [0.25, 0.3) is 16.9 Å². The Morgan fingerprint density at radius 1 is 1.08 bits per heavy atom. The lowest BCUT2D eigenvalue weighted by molar-refractivity contribution is -0.128. The molecule has 0 unspecified atom stereocenters. The number of hydrogen-bond donors (Lipinski definition) is 1. The fraction of sp³-hybridized carbons (Fsp3) is 0.207. The number of rotatable bonds is 11. The molecule has 1 heterocycles. The summed E-state index contributed by atoms with van der Waals surface area (Å²) < 4.78 is 13.3. The highest BCUT2D eigenvalue weighted by molar-refractivity contribution is 6.35. The average molecular weight is 551 g/mol. The number of amides is 1. The second-order valence-electron chi connectivity index (χ2n) is 8.41. The van der Waals surface area contributed by atoms with Crippen LogP contribution in [0.15, 0.2) is 84.1 Å². The zero-order valence-electron chi connectivity index (χ0n) is 21.1. The van der Waals surface area contributed by atoms with Crippen LogP contribution >= 0.6 is 23.2 Å². The van der Waals surface area contributed by atoms with Gasteiger partial charge in [-0.25, -0.2) is 10.1 Å². The van der Waals surface area contributed by atoms with Crippen LogP contribution in [0.4, 0.5) is 0 Å². The maximum absolute atomic E-state index is 12.8. The summed E-state index contributed by atoms with van der Waals surface area (Å²) >= 11 is 12.1. The van der Waals surface area contributed by atoms with Crippen molar-refractivity contribution in [2.75, 3.05) is 6.61 Å². The van der Waals surface area contributed by atoms with Gasteiger partial charge in [0.05, 0.1) is 23.5 Å². The van der Waals surface area contributed by atoms with Crippen LogP contribution in [-0.2, 0) is 4.79 Å². The molecule has 0 saturated heterocycles. The first-order chi connectivity index (χ1) is 18.5. The lowest BCUT2D eigenvalue weighted by Crippen LogP contribution is -2.35. The van der Waals surface area contributed by atoms with E-state index in [0.29, 0.717) is 34.5 Å². The van der Waals surface area contributed by atoms with Crippen molar-refractivity contribution in [2.45, 2.75) is 32.8 Å². The van der Waals surface area contributed by atoms with Gasteiger partial charge >= 0.3 is 0 Å². The molecule has 0 saturated carbocycles. The summed E-state index contributed by atoms with van der Waals surface area (Å²) in [6.45, 7) is 4.57. The third kappa shape index (κ3) is 6.94. The van der Waals surface area contributed by atoms with Gasteiger partial charge in [-0.05, 0) is 67.4 Å². The smallest absolute Gasteiger partial charge is 0.281 e. The molecule has 0 fully saturated rings. The summed E-state index contributed by atoms with van der Waals surface area (Å²) in [5.74, 6) is 0.774. The van der Waals surface area contributed by atoms with Crippen molar-refractivity contribution in [1.82, 2.24) is 15.2 Å². The van der Waals surface area contributed by atoms with Crippen molar-refractivity contribution in [3.05, 3.63) is 94.6 Å². The van der Waals surface area contributed by atoms with Crippen LogP contribution in [0.3, 0.4) is 0 Å². The van der Waals surface area contributed by atoms with E-state index in [0.717, 1.165) is 29.0 Å². The monoisotopic (exact) mass is 550 g/mol. The van der Waals surface area contributed by atoms with E-state index in [-0.39, 0.29) is 0 Å². The first-order valence-electron chi connectivity index (χ1n) is 12.3. The Bertz CT molecular complexity index is 1390. The van der Waals surface area contributed by atoms with Crippen molar-refractivity contribution in [3.63, 3.8) is 0 Å². The minimum absolute atomic E-state index is 0.330. The Labute approximate surface area is 232 Å². The van der Waals surface area contributed by atoms with E-state index in [2.05, 4.69) is 17.5 Å². The van der Waals surface area contributed by atoms with Gasteiger partial charge in [-0.2, -0.15) is 10.2 Å². The molecule has 1 N–H and O–H groups in total. The van der Waals surface area contributed by atoms with Crippen LogP contribution in [-0.4, -0.2) is 34.6 Å². The first-order valence-corrected chi connectivity index (χ1v) is 13.1. The molecule has 0 aliphatic heterocycles. The minimum atomic E-state index is -0.784. The van der Waals surface area contributed by atoms with Gasteiger partial charge in [0.25, 0.3) is 5.91 Å². The SMILES string of the molecule is CCCOc1ccc(-c2nn(-c3ccccc3)cc2/C=N\NC(=O)[C@H](CC)Oc2ccc(Cl)cc2Cl)cc1. The number of nitrogens with zero attached hydrogens (tertiary/aromatic N) is 3. The molecular formula is C29H28Cl2N4O3. The van der Waals surface area contributed by atoms with Gasteiger partial charge in [0.15, 0.2) is 6.10 Å². The largest absolute Gasteiger partial charge is 0.494 e. The summed E-state index contributed by atoms with van der Waals surface area (Å²) in [7, 11) is 0. The fourth-order valence-electron chi connectivity index (χ4n) is 3.63. The molecule has 4 aromatic rings. The summed E-state index contributed by atoms with van der Waals surface area (Å²) in [5.41, 5.74) is 5.81. The highest BCUT2D eigenvalue weighted by Crippen LogP contribution is 2.29. The molecule has 4 rings (SSSR count). The fourth-order valence-corrected chi connectivity index (χ4v) is 4.08. The second-order valence-corrected chi connectivity index (χ2v) is 9.25. The second kappa shape index (κ2) is 13.1. The van der Waals surface area contributed by atoms with Crippen LogP contribution in [0.5, 0.6) is 11.5 Å². The number of carbonyl (C=O) groups is 1. The number of hydrogen-bond acceptors (Lipinski definition) is 5. The Balaban J connectivity index is 1.54. The zero-order chi connectivity index (χ0) is 26.9. The molecule has 1 amide bonds. The standard InChI is InChI=1S/C29H28Cl2N4O3/c1-3-16-37-24-13-10-20(11-14-24)28-21(19-35(34-28)23-8-6-5-7-9-23)18-32-33-29(36)26(4-2)38-27-15-12-22(30)17-25(27)31/h5-15,17-19,26H,3-4,16H2,1-2H3,(H,33,36)/b32-18-/t26-/m0/s1. The van der Waals surface area contributed by atoms with Gasteiger partial charge in [-0.15, -0.1) is 0 Å². The summed E-state index contributed by atoms with van der Waals surface area (Å²) in [5, 5.41) is 9.80. The molecule has 1 aromatic heterocycles. The molecule has 0 bridgehead atoms. The van der Waals surface area contributed by atoms with Crippen molar-refractivity contribution >= 4 is 35.3 Å². The molecule has 7 nitrogen and oxygen atoms in total. The van der Waals surface area contributed by atoms with Crippen molar-refractivity contribution < 1.29 is 14.3 Å². The van der Waals surface area contributed by atoms with Gasteiger partial charge < -0.3 is 9.47 Å². The van der Waals surface area contributed by atoms with E-state index in [1.807, 2.05) is 67.7 Å². The van der Waals surface area contributed by atoms with Gasteiger partial charge in [-0.3, -0.25) is 4.79 Å². The molecule has 9 heteroatoms. The van der Waals surface area contributed by atoms with Gasteiger partial charge in [0, 0.05) is 22.3 Å². The number of carbonyl (C=O) groups excluding carboxylic acids is 1. The third-order valence-corrected chi connectivity index (χ3v) is 6.10. The van der Waals surface area contributed by atoms with Crippen LogP contribution in [0.1, 0.15) is 32.3 Å². The van der Waals surface area contributed by atoms with Crippen molar-refractivity contribution in [1.29, 1.82) is 0 Å². The number of halogens is 2. The molecular weight excluding hydrogens is 523 g/mol. The van der Waals surface area contributed by atoms with E-state index in [4.69, 9.17) is 37.8 Å². The number of ether oxygens (including phenoxy) is 2. The normalized spacial score (nSPS) is 11.9. The third-order valence-electron chi connectivity index (χ3n) is 5.57. The Morgan fingerprint density at radius 2 is 1.84 bits per heavy atom. The maximum Gasteiger partial charge on any atom is 0.281 e. The topological polar surface area (TPSA) is 77.7 Å². The minimum Gasteiger partial charge on any atom is -0.494 e.